The number of benzene rings is 1. The van der Waals surface area contributed by atoms with Gasteiger partial charge in [-0.05, 0) is 60.6 Å². The van der Waals surface area contributed by atoms with Crippen LogP contribution in [0, 0.1) is 5.82 Å². The normalized spacial score (nSPS) is 10.6. The zero-order valence-electron chi connectivity index (χ0n) is 11.0. The summed E-state index contributed by atoms with van der Waals surface area (Å²) in [6, 6.07) is 8.76. The van der Waals surface area contributed by atoms with Crippen LogP contribution in [0.4, 0.5) is 4.39 Å². The third kappa shape index (κ3) is 4.65. The first-order chi connectivity index (χ1) is 9.28. The Bertz CT molecular complexity index is 495. The van der Waals surface area contributed by atoms with Gasteiger partial charge in [-0.3, -0.25) is 0 Å². The highest BCUT2D eigenvalue weighted by atomic mass is 32.1. The molecule has 0 unspecified atom stereocenters. The molecule has 0 aliphatic heterocycles. The summed E-state index contributed by atoms with van der Waals surface area (Å²) in [5, 5.41) is 6.48. The Balaban J connectivity index is 1.63. The highest BCUT2D eigenvalue weighted by molar-refractivity contribution is 7.12. The highest BCUT2D eigenvalue weighted by Gasteiger charge is 1.99. The first kappa shape index (κ1) is 14.0. The van der Waals surface area contributed by atoms with Crippen molar-refractivity contribution in [2.45, 2.75) is 12.8 Å². The second-order valence-electron chi connectivity index (χ2n) is 4.35. The molecule has 0 aliphatic carbocycles. The Morgan fingerprint density at radius 3 is 2.42 bits per heavy atom. The molecular formula is C15H18FNOS. The van der Waals surface area contributed by atoms with Crippen LogP contribution in [0.1, 0.15) is 11.1 Å². The number of hydrogen-bond donors (Lipinski definition) is 1. The van der Waals surface area contributed by atoms with Crippen molar-refractivity contribution in [1.29, 1.82) is 0 Å². The third-order valence-corrected chi connectivity index (χ3v) is 3.86. The number of nitrogens with one attached hydrogen (secondary N) is 1. The van der Waals surface area contributed by atoms with Gasteiger partial charge in [0.2, 0.25) is 0 Å². The minimum absolute atomic E-state index is 0.178. The van der Waals surface area contributed by atoms with Crippen molar-refractivity contribution < 1.29 is 9.13 Å². The summed E-state index contributed by atoms with van der Waals surface area (Å²) in [5.41, 5.74) is 2.46. The Morgan fingerprint density at radius 2 is 1.79 bits per heavy atom. The summed E-state index contributed by atoms with van der Waals surface area (Å²) in [7, 11) is 1.69. The number of thiophene rings is 1. The van der Waals surface area contributed by atoms with Crippen molar-refractivity contribution in [2.24, 2.45) is 0 Å². The van der Waals surface area contributed by atoms with Gasteiger partial charge in [-0.1, -0.05) is 12.1 Å². The molecule has 0 bridgehead atoms. The van der Waals surface area contributed by atoms with E-state index in [4.69, 9.17) is 4.74 Å². The molecule has 2 rings (SSSR count). The molecule has 0 amide bonds. The summed E-state index contributed by atoms with van der Waals surface area (Å²) in [4.78, 5) is 0. The Kier molecular flexibility index (Phi) is 5.36. The predicted octanol–water partition coefficient (Wildman–Crippen LogP) is 3.27. The van der Waals surface area contributed by atoms with E-state index in [0.717, 1.165) is 36.6 Å². The number of rotatable bonds is 7. The maximum absolute atomic E-state index is 12.7. The van der Waals surface area contributed by atoms with Crippen molar-refractivity contribution in [1.82, 2.24) is 5.32 Å². The molecule has 0 radical (unpaired) electrons. The molecule has 0 saturated carbocycles. The van der Waals surface area contributed by atoms with Gasteiger partial charge in [0, 0.05) is 0 Å². The van der Waals surface area contributed by atoms with Crippen molar-refractivity contribution in [3.8, 4) is 5.06 Å². The largest absolute Gasteiger partial charge is 0.487 e. The van der Waals surface area contributed by atoms with Crippen LogP contribution in [0.2, 0.25) is 0 Å². The van der Waals surface area contributed by atoms with Crippen LogP contribution in [0.3, 0.4) is 0 Å². The molecule has 4 heteroatoms. The van der Waals surface area contributed by atoms with E-state index < -0.39 is 0 Å². The summed E-state index contributed by atoms with van der Waals surface area (Å²) < 4.78 is 17.9. The average molecular weight is 279 g/mol. The van der Waals surface area contributed by atoms with E-state index in [1.165, 1.54) is 17.7 Å². The third-order valence-electron chi connectivity index (χ3n) is 2.93. The Hall–Kier alpha value is -1.39. The van der Waals surface area contributed by atoms with Crippen LogP contribution in [-0.2, 0) is 12.8 Å². The van der Waals surface area contributed by atoms with Gasteiger partial charge in [-0.2, -0.15) is 0 Å². The average Bonchev–Trinajstić information content (AvgIpc) is 2.88. The summed E-state index contributed by atoms with van der Waals surface area (Å²) in [5.74, 6) is -0.178. The van der Waals surface area contributed by atoms with Crippen LogP contribution >= 0.6 is 11.3 Å². The fraction of sp³-hybridized carbons (Fsp3) is 0.333. The van der Waals surface area contributed by atoms with Crippen molar-refractivity contribution in [3.63, 3.8) is 0 Å². The van der Waals surface area contributed by atoms with Crippen molar-refractivity contribution in [2.75, 3.05) is 20.2 Å². The van der Waals surface area contributed by atoms with Crippen molar-refractivity contribution >= 4 is 11.3 Å². The lowest BCUT2D eigenvalue weighted by atomic mass is 10.1. The minimum Gasteiger partial charge on any atom is -0.487 e. The number of methoxy groups -OCH3 is 1. The quantitative estimate of drug-likeness (QED) is 0.785. The van der Waals surface area contributed by atoms with E-state index in [0.29, 0.717) is 0 Å². The lowest BCUT2D eigenvalue weighted by molar-refractivity contribution is 0.427. The zero-order chi connectivity index (χ0) is 13.5. The lowest BCUT2D eigenvalue weighted by Crippen LogP contribution is -2.19. The smallest absolute Gasteiger partial charge is 0.173 e. The molecule has 0 aliphatic rings. The molecule has 0 saturated heterocycles. The molecule has 2 aromatic rings. The van der Waals surface area contributed by atoms with Gasteiger partial charge in [-0.15, -0.1) is 11.3 Å². The van der Waals surface area contributed by atoms with Gasteiger partial charge in [0.1, 0.15) is 5.82 Å². The summed E-state index contributed by atoms with van der Waals surface area (Å²) >= 11 is 1.63. The number of ether oxygens (including phenoxy) is 1. The molecule has 19 heavy (non-hydrogen) atoms. The highest BCUT2D eigenvalue weighted by Crippen LogP contribution is 2.22. The minimum atomic E-state index is -0.178. The van der Waals surface area contributed by atoms with Crippen LogP contribution in [-0.4, -0.2) is 20.2 Å². The maximum atomic E-state index is 12.7. The fourth-order valence-corrected chi connectivity index (χ4v) is 2.60. The molecule has 1 N–H and O–H groups in total. The molecule has 1 aromatic carbocycles. The molecule has 0 fully saturated rings. The fourth-order valence-electron chi connectivity index (χ4n) is 1.83. The van der Waals surface area contributed by atoms with Gasteiger partial charge in [0.05, 0.1) is 7.11 Å². The first-order valence-corrected chi connectivity index (χ1v) is 7.22. The van der Waals surface area contributed by atoms with E-state index in [1.54, 1.807) is 18.4 Å². The predicted molar refractivity (Wildman–Crippen MR) is 77.5 cm³/mol. The molecule has 2 nitrogen and oxygen atoms in total. The second-order valence-corrected chi connectivity index (χ2v) is 5.23. The number of hydrogen-bond acceptors (Lipinski definition) is 3. The van der Waals surface area contributed by atoms with Gasteiger partial charge >= 0.3 is 0 Å². The molecule has 1 heterocycles. The topological polar surface area (TPSA) is 21.3 Å². The van der Waals surface area contributed by atoms with Gasteiger partial charge in [0.15, 0.2) is 5.06 Å². The first-order valence-electron chi connectivity index (χ1n) is 6.34. The van der Waals surface area contributed by atoms with E-state index in [2.05, 4.69) is 16.8 Å². The van der Waals surface area contributed by atoms with Crippen LogP contribution in [0.15, 0.2) is 35.7 Å². The lowest BCUT2D eigenvalue weighted by Gasteiger charge is -2.04. The van der Waals surface area contributed by atoms with Crippen LogP contribution in [0.25, 0.3) is 0 Å². The summed E-state index contributed by atoms with van der Waals surface area (Å²) in [6.45, 7) is 1.86. The standard InChI is InChI=1S/C15H18FNOS/c1-18-15-10-13(11-19-15)7-9-17-8-6-12-2-4-14(16)5-3-12/h2-5,10-11,17H,6-9H2,1H3. The van der Waals surface area contributed by atoms with Gasteiger partial charge in [0.25, 0.3) is 0 Å². The van der Waals surface area contributed by atoms with E-state index >= 15 is 0 Å². The number of halogens is 1. The molecular weight excluding hydrogens is 261 g/mol. The zero-order valence-corrected chi connectivity index (χ0v) is 11.8. The Labute approximate surface area is 117 Å². The molecule has 0 spiro atoms. The SMILES string of the molecule is COc1cc(CCNCCc2ccc(F)cc2)cs1. The maximum Gasteiger partial charge on any atom is 0.173 e. The molecule has 102 valence electrons. The van der Waals surface area contributed by atoms with Crippen LogP contribution < -0.4 is 10.1 Å². The Morgan fingerprint density at radius 1 is 1.11 bits per heavy atom. The van der Waals surface area contributed by atoms with Crippen LogP contribution in [0.5, 0.6) is 5.06 Å². The van der Waals surface area contributed by atoms with E-state index in [-0.39, 0.29) is 5.82 Å². The van der Waals surface area contributed by atoms with E-state index in [1.807, 2.05) is 12.1 Å². The van der Waals surface area contributed by atoms with Gasteiger partial charge in [-0.25, -0.2) is 4.39 Å². The van der Waals surface area contributed by atoms with Crippen molar-refractivity contribution in [3.05, 3.63) is 52.7 Å². The summed E-state index contributed by atoms with van der Waals surface area (Å²) in [6.07, 6.45) is 1.93. The molecule has 0 atom stereocenters. The molecule has 1 aromatic heterocycles. The second kappa shape index (κ2) is 7.26. The van der Waals surface area contributed by atoms with E-state index in [9.17, 15) is 4.39 Å². The van der Waals surface area contributed by atoms with Gasteiger partial charge < -0.3 is 10.1 Å². The monoisotopic (exact) mass is 279 g/mol.